The van der Waals surface area contributed by atoms with Gasteiger partial charge in [0.05, 0.1) is 5.69 Å². The van der Waals surface area contributed by atoms with Gasteiger partial charge in [0.2, 0.25) is 0 Å². The smallest absolute Gasteiger partial charge is 0.406 e. The van der Waals surface area contributed by atoms with Gasteiger partial charge in [0.15, 0.2) is 0 Å². The largest absolute Gasteiger partial charge is 0.573 e. The van der Waals surface area contributed by atoms with Crippen molar-refractivity contribution in [1.82, 2.24) is 5.32 Å². The number of unbranched alkanes of at least 4 members (excludes halogenated alkanes) is 3. The number of hydrogen-bond donors (Lipinski definition) is 0. The molecule has 0 N–H and O–H groups in total. The minimum Gasteiger partial charge on any atom is -0.406 e. The maximum Gasteiger partial charge on any atom is 0.573 e. The molecule has 0 spiro atoms. The Morgan fingerprint density at radius 2 is 1.94 bits per heavy atom. The summed E-state index contributed by atoms with van der Waals surface area (Å²) in [5.41, 5.74) is 0.522. The number of alkyl halides is 3. The molecule has 0 atom stereocenters. The number of hydrogen-bond acceptors (Lipinski definition) is 1. The summed E-state index contributed by atoms with van der Waals surface area (Å²) in [5.74, 6) is -0.225. The molecule has 0 unspecified atom stereocenters. The van der Waals surface area contributed by atoms with E-state index in [-0.39, 0.29) is 5.75 Å². The van der Waals surface area contributed by atoms with Crippen molar-refractivity contribution in [3.63, 3.8) is 0 Å². The lowest BCUT2D eigenvalue weighted by atomic mass is 10.2. The summed E-state index contributed by atoms with van der Waals surface area (Å²) in [6.07, 6.45) is -0.293. The van der Waals surface area contributed by atoms with E-state index < -0.39 is 6.36 Å². The standard InChI is InChI=1S/C13H17F3NO/c1-2-3-4-5-9-17-11-7-6-8-12(10-11)18-13(14,15)16/h6-8,10H,2-5,9H2,1H3. The van der Waals surface area contributed by atoms with E-state index in [2.05, 4.69) is 17.0 Å². The highest BCUT2D eigenvalue weighted by molar-refractivity contribution is 5.42. The quantitative estimate of drug-likeness (QED) is 0.666. The summed E-state index contributed by atoms with van der Waals surface area (Å²) < 4.78 is 39.9. The summed E-state index contributed by atoms with van der Waals surface area (Å²) in [7, 11) is 0. The third-order valence-corrected chi connectivity index (χ3v) is 2.36. The zero-order chi connectivity index (χ0) is 13.4. The molecular formula is C13H17F3NO. The lowest BCUT2D eigenvalue weighted by molar-refractivity contribution is -0.274. The molecule has 1 aromatic carbocycles. The van der Waals surface area contributed by atoms with Gasteiger partial charge in [0.1, 0.15) is 5.75 Å². The molecule has 0 fully saturated rings. The average molecular weight is 260 g/mol. The SMILES string of the molecule is CCCCCC[N]c1cccc(OC(F)(F)F)c1. The maximum atomic E-state index is 12.0. The topological polar surface area (TPSA) is 23.3 Å². The van der Waals surface area contributed by atoms with E-state index in [1.165, 1.54) is 18.2 Å². The van der Waals surface area contributed by atoms with Gasteiger partial charge in [0, 0.05) is 12.6 Å². The third kappa shape index (κ3) is 6.37. The first-order chi connectivity index (χ1) is 8.51. The van der Waals surface area contributed by atoms with Crippen LogP contribution in [0.1, 0.15) is 32.6 Å². The predicted molar refractivity (Wildman–Crippen MR) is 63.9 cm³/mol. The summed E-state index contributed by atoms with van der Waals surface area (Å²) in [6.45, 7) is 2.75. The molecule has 18 heavy (non-hydrogen) atoms. The van der Waals surface area contributed by atoms with Crippen molar-refractivity contribution in [2.75, 3.05) is 6.54 Å². The van der Waals surface area contributed by atoms with Crippen molar-refractivity contribution in [2.45, 2.75) is 39.0 Å². The number of benzene rings is 1. The van der Waals surface area contributed by atoms with Crippen molar-refractivity contribution in [2.24, 2.45) is 0 Å². The monoisotopic (exact) mass is 260 g/mol. The van der Waals surface area contributed by atoms with Gasteiger partial charge in [-0.3, -0.25) is 5.32 Å². The zero-order valence-electron chi connectivity index (χ0n) is 10.3. The molecule has 5 heteroatoms. The summed E-state index contributed by atoms with van der Waals surface area (Å²) >= 11 is 0. The van der Waals surface area contributed by atoms with E-state index in [0.29, 0.717) is 12.2 Å². The van der Waals surface area contributed by atoms with Gasteiger partial charge in [-0.1, -0.05) is 32.3 Å². The van der Waals surface area contributed by atoms with Crippen LogP contribution < -0.4 is 10.1 Å². The lowest BCUT2D eigenvalue weighted by Gasteiger charge is -2.10. The van der Waals surface area contributed by atoms with Crippen LogP contribution in [0.5, 0.6) is 5.75 Å². The van der Waals surface area contributed by atoms with Gasteiger partial charge >= 0.3 is 6.36 Å². The van der Waals surface area contributed by atoms with Crippen molar-refractivity contribution in [1.29, 1.82) is 0 Å². The van der Waals surface area contributed by atoms with Gasteiger partial charge < -0.3 is 4.74 Å². The maximum absolute atomic E-state index is 12.0. The molecule has 1 aromatic rings. The van der Waals surface area contributed by atoms with Gasteiger partial charge in [0.25, 0.3) is 0 Å². The Morgan fingerprint density at radius 1 is 1.17 bits per heavy atom. The van der Waals surface area contributed by atoms with Crippen molar-refractivity contribution in [3.8, 4) is 5.75 Å². The second-order valence-corrected chi connectivity index (χ2v) is 3.99. The number of rotatable bonds is 7. The minimum absolute atomic E-state index is 0.225. The van der Waals surface area contributed by atoms with Crippen LogP contribution in [0.3, 0.4) is 0 Å². The Balaban J connectivity index is 2.40. The molecule has 0 saturated carbocycles. The van der Waals surface area contributed by atoms with Crippen molar-refractivity contribution < 1.29 is 17.9 Å². The molecule has 0 bridgehead atoms. The fourth-order valence-corrected chi connectivity index (χ4v) is 1.53. The van der Waals surface area contributed by atoms with Crippen LogP contribution in [0.15, 0.2) is 24.3 Å². The summed E-state index contributed by atoms with van der Waals surface area (Å²) in [4.78, 5) is 0. The highest BCUT2D eigenvalue weighted by atomic mass is 19.4. The first-order valence-corrected chi connectivity index (χ1v) is 6.04. The molecule has 0 aliphatic carbocycles. The normalized spacial score (nSPS) is 11.3. The van der Waals surface area contributed by atoms with Crippen LogP contribution in [0.2, 0.25) is 0 Å². The predicted octanol–water partition coefficient (Wildman–Crippen LogP) is 4.40. The van der Waals surface area contributed by atoms with Crippen LogP contribution in [-0.2, 0) is 0 Å². The Morgan fingerprint density at radius 3 is 2.61 bits per heavy atom. The Kier molecular flexibility index (Phi) is 5.82. The molecule has 2 nitrogen and oxygen atoms in total. The molecule has 0 amide bonds. The fraction of sp³-hybridized carbons (Fsp3) is 0.538. The van der Waals surface area contributed by atoms with Crippen LogP contribution in [0, 0.1) is 0 Å². The minimum atomic E-state index is -4.65. The van der Waals surface area contributed by atoms with Crippen LogP contribution in [0.25, 0.3) is 0 Å². The van der Waals surface area contributed by atoms with Crippen LogP contribution in [0.4, 0.5) is 18.9 Å². The first-order valence-electron chi connectivity index (χ1n) is 6.04. The van der Waals surface area contributed by atoms with Crippen LogP contribution in [-0.4, -0.2) is 12.9 Å². The molecule has 1 radical (unpaired) electrons. The highest BCUT2D eigenvalue weighted by Crippen LogP contribution is 2.25. The van der Waals surface area contributed by atoms with Gasteiger partial charge in [-0.05, 0) is 18.6 Å². The Hall–Kier alpha value is -1.39. The van der Waals surface area contributed by atoms with Gasteiger partial charge in [-0.15, -0.1) is 13.2 Å². The molecule has 0 aliphatic rings. The summed E-state index contributed by atoms with van der Waals surface area (Å²) in [6, 6.07) is 5.74. The van der Waals surface area contributed by atoms with E-state index in [1.807, 2.05) is 0 Å². The average Bonchev–Trinajstić information content (AvgIpc) is 2.27. The number of halogens is 3. The summed E-state index contributed by atoms with van der Waals surface area (Å²) in [5, 5.41) is 4.22. The highest BCUT2D eigenvalue weighted by Gasteiger charge is 2.31. The van der Waals surface area contributed by atoms with E-state index in [9.17, 15) is 13.2 Å². The molecule has 0 saturated heterocycles. The van der Waals surface area contributed by atoms with E-state index in [0.717, 1.165) is 25.7 Å². The fourth-order valence-electron chi connectivity index (χ4n) is 1.53. The van der Waals surface area contributed by atoms with Crippen LogP contribution >= 0.6 is 0 Å². The molecule has 0 aromatic heterocycles. The first kappa shape index (κ1) is 14.7. The van der Waals surface area contributed by atoms with Crippen molar-refractivity contribution >= 4 is 5.69 Å². The van der Waals surface area contributed by atoms with Crippen molar-refractivity contribution in [3.05, 3.63) is 24.3 Å². The molecular weight excluding hydrogens is 243 g/mol. The van der Waals surface area contributed by atoms with E-state index >= 15 is 0 Å². The molecule has 101 valence electrons. The third-order valence-electron chi connectivity index (χ3n) is 2.36. The van der Waals surface area contributed by atoms with Gasteiger partial charge in [-0.25, -0.2) is 0 Å². The number of nitrogens with zero attached hydrogens (tertiary/aromatic N) is 1. The molecule has 1 rings (SSSR count). The zero-order valence-corrected chi connectivity index (χ0v) is 10.3. The number of ether oxygens (including phenoxy) is 1. The Labute approximate surface area is 105 Å². The molecule has 0 aliphatic heterocycles. The molecule has 0 heterocycles. The van der Waals surface area contributed by atoms with Gasteiger partial charge in [-0.2, -0.15) is 0 Å². The Bertz CT molecular complexity index is 352. The second-order valence-electron chi connectivity index (χ2n) is 3.99. The van der Waals surface area contributed by atoms with E-state index in [4.69, 9.17) is 0 Å². The second kappa shape index (κ2) is 7.13. The lowest BCUT2D eigenvalue weighted by Crippen LogP contribution is -2.17. The van der Waals surface area contributed by atoms with E-state index in [1.54, 1.807) is 6.07 Å².